The van der Waals surface area contributed by atoms with Crippen LogP contribution in [0.1, 0.15) is 12.8 Å². The molecule has 0 aliphatic heterocycles. The Balaban J connectivity index is 1.33. The number of allylic oxidation sites excluding steroid dienone is 4. The molecule has 1 heterocycles. The maximum atomic E-state index is 2.56. The molecule has 1 aromatic heterocycles. The first-order chi connectivity index (χ1) is 28.3. The fourth-order valence-corrected chi connectivity index (χ4v) is 16.9. The van der Waals surface area contributed by atoms with Gasteiger partial charge in [0.15, 0.2) is 0 Å². The maximum Gasteiger partial charge on any atom is 0.0541 e. The van der Waals surface area contributed by atoms with Crippen molar-refractivity contribution < 1.29 is 0 Å². The Morgan fingerprint density at radius 3 is 1.11 bits per heavy atom. The topological polar surface area (TPSA) is 4.93 Å². The molecule has 0 radical (unpaired) electrons. The van der Waals surface area contributed by atoms with Gasteiger partial charge in [-0.1, -0.05) is 127 Å². The molecule has 8 aromatic carbocycles. The lowest BCUT2D eigenvalue weighted by atomic mass is 10.1. The Labute approximate surface area is 338 Å². The monoisotopic (exact) mass is 769 g/mol. The molecule has 276 valence electrons. The summed E-state index contributed by atoms with van der Waals surface area (Å²) in [6.45, 7) is 0. The Morgan fingerprint density at radius 2 is 0.719 bits per heavy atom. The summed E-state index contributed by atoms with van der Waals surface area (Å²) in [6.07, 6.45) is 9.06. The minimum atomic E-state index is -1.89. The summed E-state index contributed by atoms with van der Waals surface area (Å²) in [5, 5.41) is 2.53. The molecular formula is C54H43NS2. The largest absolute Gasteiger partial charge is 0.309 e. The van der Waals surface area contributed by atoms with Crippen LogP contribution in [-0.4, -0.2) is 4.57 Å². The van der Waals surface area contributed by atoms with E-state index >= 15 is 0 Å². The molecule has 9 aromatic rings. The molecule has 0 amide bonds. The van der Waals surface area contributed by atoms with Gasteiger partial charge >= 0.3 is 0 Å². The molecule has 0 bridgehead atoms. The minimum Gasteiger partial charge on any atom is -0.309 e. The first-order valence-corrected chi connectivity index (χ1v) is 23.0. The molecule has 0 unspecified atom stereocenters. The van der Waals surface area contributed by atoms with Crippen LogP contribution in [0.25, 0.3) is 27.5 Å². The Hall–Kier alpha value is -6.26. The number of aromatic nitrogens is 1. The second kappa shape index (κ2) is 15.0. The summed E-state index contributed by atoms with van der Waals surface area (Å²) in [5.41, 5.74) is 3.58. The van der Waals surface area contributed by atoms with Gasteiger partial charge in [-0.3, -0.25) is 0 Å². The van der Waals surface area contributed by atoms with Crippen LogP contribution in [0.3, 0.4) is 0 Å². The fraction of sp³-hybridized carbons (Fsp3) is 0.0370. The molecule has 10 rings (SSSR count). The second-order valence-corrected chi connectivity index (χ2v) is 20.7. The first-order valence-electron chi connectivity index (χ1n) is 19.7. The number of benzene rings is 8. The van der Waals surface area contributed by atoms with Crippen molar-refractivity contribution in [2.24, 2.45) is 0 Å². The third-order valence-electron chi connectivity index (χ3n) is 11.3. The van der Waals surface area contributed by atoms with Crippen LogP contribution in [0.2, 0.25) is 0 Å². The molecule has 1 aliphatic rings. The predicted molar refractivity (Wildman–Crippen MR) is 242 cm³/mol. The van der Waals surface area contributed by atoms with Crippen molar-refractivity contribution in [3.63, 3.8) is 0 Å². The highest BCUT2D eigenvalue weighted by Crippen LogP contribution is 2.75. The van der Waals surface area contributed by atoms with E-state index in [2.05, 4.69) is 241 Å². The lowest BCUT2D eigenvalue weighted by Crippen LogP contribution is -2.08. The smallest absolute Gasteiger partial charge is 0.0541 e. The number of hydrogen-bond acceptors (Lipinski definition) is 0. The zero-order valence-corrected chi connectivity index (χ0v) is 33.3. The molecule has 0 saturated carbocycles. The average molecular weight is 770 g/mol. The molecule has 57 heavy (non-hydrogen) atoms. The molecule has 0 atom stereocenters. The van der Waals surface area contributed by atoms with Gasteiger partial charge in [0.25, 0.3) is 0 Å². The van der Waals surface area contributed by atoms with Gasteiger partial charge in [0.1, 0.15) is 0 Å². The fourth-order valence-electron chi connectivity index (χ4n) is 8.86. The standard InChI is InChI=1S/C54H43NS2/c1-8-22-42(23-9-1)55-53-38-36-49(56(43-24-10-2-11-25-43,44-26-12-3-13-27-44)45-28-14-4-15-29-45)40-51(53)52-41-50(37-39-54(52)55)57(46-30-16-5-17-31-46,47-32-18-6-19-33-47)48-34-20-7-21-35-48/h1-20,22-34,36-41H,21,35H2. The summed E-state index contributed by atoms with van der Waals surface area (Å²) in [6, 6.07) is 81.7. The number of rotatable bonds is 9. The molecule has 0 saturated heterocycles. The van der Waals surface area contributed by atoms with Crippen molar-refractivity contribution in [2.45, 2.75) is 47.1 Å². The third kappa shape index (κ3) is 5.81. The van der Waals surface area contributed by atoms with Gasteiger partial charge in [-0.15, -0.1) is 20.1 Å². The van der Waals surface area contributed by atoms with E-state index in [9.17, 15) is 0 Å². The van der Waals surface area contributed by atoms with Gasteiger partial charge < -0.3 is 4.57 Å². The van der Waals surface area contributed by atoms with Crippen molar-refractivity contribution in [3.05, 3.63) is 242 Å². The number of para-hydroxylation sites is 1. The third-order valence-corrected chi connectivity index (χ3v) is 19.2. The molecule has 1 nitrogen and oxygen atoms in total. The van der Waals surface area contributed by atoms with Gasteiger partial charge in [0, 0.05) is 50.7 Å². The van der Waals surface area contributed by atoms with Gasteiger partial charge in [-0.25, -0.2) is 0 Å². The van der Waals surface area contributed by atoms with E-state index in [1.54, 1.807) is 0 Å². The molecule has 1 aliphatic carbocycles. The second-order valence-electron chi connectivity index (χ2n) is 14.4. The summed E-state index contributed by atoms with van der Waals surface area (Å²) in [4.78, 5) is 10.9. The van der Waals surface area contributed by atoms with Gasteiger partial charge in [0.05, 0.1) is 11.0 Å². The van der Waals surface area contributed by atoms with E-state index < -0.39 is 20.1 Å². The summed E-state index contributed by atoms with van der Waals surface area (Å²) in [5.74, 6) is 0. The van der Waals surface area contributed by atoms with E-state index in [4.69, 9.17) is 0 Å². The first kappa shape index (κ1) is 35.2. The zero-order chi connectivity index (χ0) is 38.1. The predicted octanol–water partition coefficient (Wildman–Crippen LogP) is 15.6. The summed E-state index contributed by atoms with van der Waals surface area (Å²) < 4.78 is 2.47. The minimum absolute atomic E-state index is 1.03. The van der Waals surface area contributed by atoms with Crippen molar-refractivity contribution in [1.29, 1.82) is 0 Å². The van der Waals surface area contributed by atoms with E-state index in [0.29, 0.717) is 0 Å². The van der Waals surface area contributed by atoms with Crippen molar-refractivity contribution in [3.8, 4) is 5.69 Å². The maximum absolute atomic E-state index is 2.56. The van der Waals surface area contributed by atoms with Crippen molar-refractivity contribution >= 4 is 41.9 Å². The van der Waals surface area contributed by atoms with Gasteiger partial charge in [-0.05, 0) is 127 Å². The summed E-state index contributed by atoms with van der Waals surface area (Å²) >= 11 is 0. The Kier molecular flexibility index (Phi) is 9.26. The lowest BCUT2D eigenvalue weighted by molar-refractivity contribution is 1.01. The van der Waals surface area contributed by atoms with E-state index in [-0.39, 0.29) is 0 Å². The zero-order valence-electron chi connectivity index (χ0n) is 31.7. The highest BCUT2D eigenvalue weighted by Gasteiger charge is 2.37. The van der Waals surface area contributed by atoms with Crippen molar-refractivity contribution in [2.75, 3.05) is 0 Å². The van der Waals surface area contributed by atoms with Gasteiger partial charge in [0.2, 0.25) is 0 Å². The summed E-state index contributed by atoms with van der Waals surface area (Å²) in [7, 11) is -3.70. The quantitative estimate of drug-likeness (QED) is 0.138. The molecule has 0 fully saturated rings. The van der Waals surface area contributed by atoms with E-state index in [1.165, 1.54) is 61.0 Å². The Morgan fingerprint density at radius 1 is 0.351 bits per heavy atom. The van der Waals surface area contributed by atoms with Crippen LogP contribution in [0.4, 0.5) is 0 Å². The van der Waals surface area contributed by atoms with Crippen molar-refractivity contribution in [1.82, 2.24) is 4.57 Å². The SMILES string of the molecule is C1=CCCC(S(c2ccccc2)(c2ccccc2)c2ccc3c(c2)c2cc(S(c4ccccc4)(c4ccccc4)c4ccccc4)ccc2n3-c2ccccc2)=C1. The normalized spacial score (nSPS) is 13.7. The lowest BCUT2D eigenvalue weighted by Gasteiger charge is -2.44. The van der Waals surface area contributed by atoms with E-state index in [1.807, 2.05) is 0 Å². The molecule has 0 N–H and O–H groups in total. The molecule has 3 heteroatoms. The number of nitrogens with zero attached hydrogens (tertiary/aromatic N) is 1. The highest BCUT2D eigenvalue weighted by atomic mass is 32.3. The highest BCUT2D eigenvalue weighted by molar-refractivity contribution is 8.37. The van der Waals surface area contributed by atoms with Crippen LogP contribution < -0.4 is 0 Å². The number of fused-ring (bicyclic) bond motifs is 3. The van der Waals surface area contributed by atoms with Crippen LogP contribution in [0.15, 0.2) is 276 Å². The Bertz CT molecular complexity index is 2730. The average Bonchev–Trinajstić information content (AvgIpc) is 3.63. The van der Waals surface area contributed by atoms with Gasteiger partial charge in [-0.2, -0.15) is 0 Å². The molecular weight excluding hydrogens is 727 g/mol. The molecule has 0 spiro atoms. The van der Waals surface area contributed by atoms with Crippen LogP contribution >= 0.6 is 20.1 Å². The van der Waals surface area contributed by atoms with E-state index in [0.717, 1.165) is 18.5 Å². The number of hydrogen-bond donors (Lipinski definition) is 0. The van der Waals surface area contributed by atoms with Crippen LogP contribution in [0.5, 0.6) is 0 Å². The van der Waals surface area contributed by atoms with Crippen LogP contribution in [-0.2, 0) is 0 Å². The van der Waals surface area contributed by atoms with Crippen LogP contribution in [0, 0.1) is 0 Å².